The number of ether oxygens (including phenoxy) is 1. The van der Waals surface area contributed by atoms with E-state index in [2.05, 4.69) is 111 Å². The summed E-state index contributed by atoms with van der Waals surface area (Å²) in [6, 6.07) is 17.3. The number of carbonyl (C=O) groups excluding carboxylic acids is 1. The van der Waals surface area contributed by atoms with Gasteiger partial charge in [0.2, 0.25) is 5.69 Å². The molecule has 4 rings (SSSR count). The molecule has 5 nitrogen and oxygen atoms in total. The predicted octanol–water partition coefficient (Wildman–Crippen LogP) is 7.40. The number of hydrogen-bond acceptors (Lipinski definition) is 5. The number of allylic oxidation sites excluding steroid dienone is 4. The molecule has 0 spiro atoms. The maximum Gasteiger partial charge on any atom is 0.312 e. The lowest BCUT2D eigenvalue weighted by Crippen LogP contribution is -2.33. The van der Waals surface area contributed by atoms with Crippen molar-refractivity contribution >= 4 is 34.8 Å². The number of unbranched alkanes of at least 4 members (excludes halogenated alkanes) is 1. The average molecular weight is 590 g/mol. The van der Waals surface area contributed by atoms with Gasteiger partial charge in [-0.3, -0.25) is 4.79 Å². The second-order valence-corrected chi connectivity index (χ2v) is 14.1. The number of esters is 1. The minimum atomic E-state index is -0.601. The van der Waals surface area contributed by atoms with Crippen LogP contribution >= 0.6 is 11.8 Å². The van der Waals surface area contributed by atoms with E-state index in [9.17, 15) is 4.79 Å². The number of thioether (sulfide) groups is 1. The predicted molar refractivity (Wildman–Crippen MR) is 177 cm³/mol. The molecule has 226 valence electrons. The smallest absolute Gasteiger partial charge is 0.312 e. The molecule has 0 fully saturated rings. The first-order chi connectivity index (χ1) is 20.0. The van der Waals surface area contributed by atoms with Crippen molar-refractivity contribution in [2.45, 2.75) is 72.1 Å². The van der Waals surface area contributed by atoms with E-state index in [4.69, 9.17) is 9.84 Å². The van der Waals surface area contributed by atoms with Crippen LogP contribution in [-0.2, 0) is 20.4 Å². The Balaban J connectivity index is 1.60. The van der Waals surface area contributed by atoms with Crippen molar-refractivity contribution in [1.29, 1.82) is 0 Å². The normalized spacial score (nSPS) is 18.2. The number of aliphatic hydroxyl groups excluding tert-OH is 1. The van der Waals surface area contributed by atoms with Gasteiger partial charge in [0.05, 0.1) is 24.0 Å². The molecule has 0 unspecified atom stereocenters. The van der Waals surface area contributed by atoms with E-state index in [0.29, 0.717) is 24.7 Å². The summed E-state index contributed by atoms with van der Waals surface area (Å²) in [4.78, 5) is 15.2. The quantitative estimate of drug-likeness (QED) is 0.150. The van der Waals surface area contributed by atoms with Crippen LogP contribution in [0.4, 0.5) is 11.4 Å². The van der Waals surface area contributed by atoms with Gasteiger partial charge in [0.1, 0.15) is 13.2 Å². The SMILES string of the molecule is CCCC[N+]1=C(C=CC=C2N(CCOC(=O)C(C)(C)CSCCO)c3ccccc3C2(C)C)C(C)(C)c2ccccc21. The van der Waals surface area contributed by atoms with Gasteiger partial charge in [0.25, 0.3) is 0 Å². The number of aliphatic hydroxyl groups is 1. The Morgan fingerprint density at radius 2 is 1.74 bits per heavy atom. The molecule has 0 saturated heterocycles. The first kappa shape index (κ1) is 32.1. The highest BCUT2D eigenvalue weighted by atomic mass is 32.2. The second kappa shape index (κ2) is 13.2. The second-order valence-electron chi connectivity index (χ2n) is 13.0. The fraction of sp³-hybridized carbons (Fsp3) is 0.500. The molecule has 2 aromatic rings. The monoisotopic (exact) mass is 589 g/mol. The van der Waals surface area contributed by atoms with Crippen LogP contribution in [0.5, 0.6) is 0 Å². The Hall–Kier alpha value is -2.83. The van der Waals surface area contributed by atoms with Crippen LogP contribution in [0, 0.1) is 5.41 Å². The van der Waals surface area contributed by atoms with E-state index in [-0.39, 0.29) is 23.4 Å². The van der Waals surface area contributed by atoms with Gasteiger partial charge in [-0.1, -0.05) is 69.7 Å². The zero-order chi connectivity index (χ0) is 30.5. The van der Waals surface area contributed by atoms with Crippen LogP contribution in [0.15, 0.2) is 72.5 Å². The van der Waals surface area contributed by atoms with Crippen LogP contribution in [0.25, 0.3) is 0 Å². The minimum Gasteiger partial charge on any atom is -0.463 e. The van der Waals surface area contributed by atoms with Crippen molar-refractivity contribution < 1.29 is 19.2 Å². The number of benzene rings is 2. The van der Waals surface area contributed by atoms with E-state index >= 15 is 0 Å². The highest BCUT2D eigenvalue weighted by Gasteiger charge is 2.44. The Labute approximate surface area is 257 Å². The number of rotatable bonds is 13. The maximum atomic E-state index is 12.9. The maximum absolute atomic E-state index is 12.9. The van der Waals surface area contributed by atoms with Crippen LogP contribution < -0.4 is 4.90 Å². The summed E-state index contributed by atoms with van der Waals surface area (Å²) in [6.45, 7) is 17.3. The van der Waals surface area contributed by atoms with E-state index in [1.807, 2.05) is 13.8 Å². The van der Waals surface area contributed by atoms with Crippen molar-refractivity contribution in [2.24, 2.45) is 5.41 Å². The highest BCUT2D eigenvalue weighted by molar-refractivity contribution is 7.99. The number of nitrogens with zero attached hydrogens (tertiary/aromatic N) is 2. The molecule has 2 aliphatic heterocycles. The summed E-state index contributed by atoms with van der Waals surface area (Å²) >= 11 is 1.57. The minimum absolute atomic E-state index is 0.0797. The summed E-state index contributed by atoms with van der Waals surface area (Å²) in [5, 5.41) is 9.09. The molecule has 2 heterocycles. The summed E-state index contributed by atoms with van der Waals surface area (Å²) < 4.78 is 8.32. The molecule has 42 heavy (non-hydrogen) atoms. The Morgan fingerprint density at radius 1 is 1.05 bits per heavy atom. The third-order valence-electron chi connectivity index (χ3n) is 8.64. The molecule has 2 aliphatic rings. The zero-order valence-corrected chi connectivity index (χ0v) is 27.4. The number of anilines is 1. The molecule has 0 atom stereocenters. The fourth-order valence-corrected chi connectivity index (χ4v) is 7.09. The third-order valence-corrected chi connectivity index (χ3v) is 10.0. The highest BCUT2D eigenvalue weighted by Crippen LogP contribution is 2.47. The largest absolute Gasteiger partial charge is 0.463 e. The van der Waals surface area contributed by atoms with Gasteiger partial charge in [0.15, 0.2) is 5.71 Å². The van der Waals surface area contributed by atoms with Gasteiger partial charge in [-0.25, -0.2) is 0 Å². The van der Waals surface area contributed by atoms with Crippen molar-refractivity contribution in [1.82, 2.24) is 0 Å². The molecule has 0 aromatic heterocycles. The van der Waals surface area contributed by atoms with Crippen LogP contribution in [0.1, 0.15) is 72.4 Å². The van der Waals surface area contributed by atoms with Crippen LogP contribution in [0.2, 0.25) is 0 Å². The van der Waals surface area contributed by atoms with E-state index in [0.717, 1.165) is 19.4 Å². The lowest BCUT2D eigenvalue weighted by molar-refractivity contribution is -0.438. The van der Waals surface area contributed by atoms with E-state index in [1.54, 1.807) is 11.8 Å². The first-order valence-corrected chi connectivity index (χ1v) is 16.5. The topological polar surface area (TPSA) is 52.8 Å². The Bertz CT molecular complexity index is 1370. The molecule has 0 bridgehead atoms. The van der Waals surface area contributed by atoms with Gasteiger partial charge in [-0.15, -0.1) is 0 Å². The summed E-state index contributed by atoms with van der Waals surface area (Å²) in [6.07, 6.45) is 9.07. The number of carbonyl (C=O) groups is 1. The van der Waals surface area contributed by atoms with E-state index < -0.39 is 5.41 Å². The lowest BCUT2D eigenvalue weighted by Gasteiger charge is -2.28. The van der Waals surface area contributed by atoms with Crippen LogP contribution in [-0.4, -0.2) is 59.2 Å². The summed E-state index contributed by atoms with van der Waals surface area (Å²) in [5.41, 5.74) is 6.79. The molecule has 6 heteroatoms. The molecule has 0 aliphatic carbocycles. The van der Waals surface area contributed by atoms with Crippen molar-refractivity contribution in [2.75, 3.05) is 42.7 Å². The Morgan fingerprint density at radius 3 is 2.45 bits per heavy atom. The molecule has 2 aromatic carbocycles. The van der Waals surface area contributed by atoms with E-state index in [1.165, 1.54) is 33.9 Å². The molecule has 0 amide bonds. The van der Waals surface area contributed by atoms with Gasteiger partial charge in [-0.05, 0) is 45.4 Å². The number of para-hydroxylation sites is 2. The van der Waals surface area contributed by atoms with Gasteiger partial charge in [-0.2, -0.15) is 16.3 Å². The van der Waals surface area contributed by atoms with Crippen molar-refractivity contribution in [3.05, 3.63) is 83.6 Å². The fourth-order valence-electron chi connectivity index (χ4n) is 6.19. The Kier molecular flexibility index (Phi) is 10.1. The van der Waals surface area contributed by atoms with Crippen molar-refractivity contribution in [3.8, 4) is 0 Å². The summed E-state index contributed by atoms with van der Waals surface area (Å²) in [7, 11) is 0. The average Bonchev–Trinajstić information content (AvgIpc) is 3.31. The molecule has 1 N–H and O–H groups in total. The number of hydrogen-bond donors (Lipinski definition) is 1. The van der Waals surface area contributed by atoms with Gasteiger partial charge >= 0.3 is 5.97 Å². The van der Waals surface area contributed by atoms with Crippen LogP contribution in [0.3, 0.4) is 0 Å². The standard InChI is InChI=1S/C36H49N2O3S/c1-8-9-21-37-29-17-12-10-15-27(29)35(4,5)31(37)19-14-20-32-36(6,7)28-16-11-13-18-30(28)38(32)22-24-41-33(40)34(2,3)26-42-25-23-39/h10-20,39H,8-9,21-26H2,1-7H3/q+1. The lowest BCUT2D eigenvalue weighted by atomic mass is 9.81. The third kappa shape index (κ3) is 6.40. The molecular weight excluding hydrogens is 540 g/mol. The molecule has 0 saturated carbocycles. The summed E-state index contributed by atoms with van der Waals surface area (Å²) in [5.74, 6) is 1.05. The van der Waals surface area contributed by atoms with Crippen molar-refractivity contribution in [3.63, 3.8) is 0 Å². The molecule has 0 radical (unpaired) electrons. The van der Waals surface area contributed by atoms with Gasteiger partial charge < -0.3 is 14.7 Å². The number of fused-ring (bicyclic) bond motifs is 2. The van der Waals surface area contributed by atoms with Gasteiger partial charge in [0, 0.05) is 52.4 Å². The zero-order valence-electron chi connectivity index (χ0n) is 26.6. The first-order valence-electron chi connectivity index (χ1n) is 15.3. The molecular formula is C36H49N2O3S+.